The highest BCUT2D eigenvalue weighted by Gasteiger charge is 2.41. The van der Waals surface area contributed by atoms with E-state index in [4.69, 9.17) is 0 Å². The van der Waals surface area contributed by atoms with Crippen molar-refractivity contribution in [3.8, 4) is 0 Å². The summed E-state index contributed by atoms with van der Waals surface area (Å²) in [5.41, 5.74) is 0. The number of ketones is 3. The Balaban J connectivity index is 2.08. The molecule has 0 radical (unpaired) electrons. The topological polar surface area (TPSA) is 68.3 Å². The van der Waals surface area contributed by atoms with Gasteiger partial charge in [-0.25, -0.2) is 0 Å². The fourth-order valence-corrected chi connectivity index (χ4v) is 4.91. The van der Waals surface area contributed by atoms with Gasteiger partial charge < -0.3 is 0 Å². The number of Topliss-reactive ketones (excluding diaryl/α,β-unsaturated/α-hetero) is 3. The summed E-state index contributed by atoms with van der Waals surface area (Å²) in [7, 11) is 0. The van der Waals surface area contributed by atoms with Crippen LogP contribution in [-0.4, -0.2) is 28.2 Å². The Morgan fingerprint density at radius 3 is 1.60 bits per heavy atom. The molecule has 1 aliphatic rings. The van der Waals surface area contributed by atoms with Crippen LogP contribution in [0.3, 0.4) is 0 Å². The summed E-state index contributed by atoms with van der Waals surface area (Å²) in [5.74, 6) is -1.92. The number of carbonyl (C=O) groups excluding carboxylic acids is 4. The average molecular weight is 439 g/mol. The Kier molecular flexibility index (Phi) is 15.1. The van der Waals surface area contributed by atoms with Crippen molar-refractivity contribution >= 4 is 34.2 Å². The van der Waals surface area contributed by atoms with E-state index in [1.165, 1.54) is 64.2 Å². The minimum Gasteiger partial charge on any atom is -0.298 e. The molecule has 0 aromatic rings. The zero-order valence-corrected chi connectivity index (χ0v) is 20.0. The molecule has 0 atom stereocenters. The normalized spacial score (nSPS) is 19.3. The van der Waals surface area contributed by atoms with Gasteiger partial charge in [0.2, 0.25) is 0 Å². The van der Waals surface area contributed by atoms with Crippen LogP contribution in [0.4, 0.5) is 0 Å². The Hall–Kier alpha value is -0.970. The number of carbonyl (C=O) groups is 4. The van der Waals surface area contributed by atoms with Crippen LogP contribution in [0.2, 0.25) is 0 Å². The van der Waals surface area contributed by atoms with Crippen LogP contribution in [0.5, 0.6) is 0 Å². The van der Waals surface area contributed by atoms with Crippen molar-refractivity contribution in [2.75, 3.05) is 5.75 Å². The van der Waals surface area contributed by atoms with Gasteiger partial charge in [-0.2, -0.15) is 0 Å². The first-order valence-corrected chi connectivity index (χ1v) is 13.2. The van der Waals surface area contributed by atoms with E-state index in [-0.39, 0.29) is 35.3 Å². The van der Waals surface area contributed by atoms with Crippen LogP contribution >= 0.6 is 11.8 Å². The third-order valence-electron chi connectivity index (χ3n) is 6.01. The lowest BCUT2D eigenvalue weighted by atomic mass is 9.77. The molecular formula is C25H42O4S. The van der Waals surface area contributed by atoms with Gasteiger partial charge in [0.1, 0.15) is 5.92 Å². The minimum absolute atomic E-state index is 0.0482. The van der Waals surface area contributed by atoms with E-state index in [2.05, 4.69) is 6.92 Å². The molecule has 1 rings (SSSR count). The van der Waals surface area contributed by atoms with Gasteiger partial charge in [0.15, 0.2) is 22.5 Å². The van der Waals surface area contributed by atoms with Gasteiger partial charge in [-0.1, -0.05) is 103 Å². The van der Waals surface area contributed by atoms with Crippen molar-refractivity contribution in [3.63, 3.8) is 0 Å². The van der Waals surface area contributed by atoms with Gasteiger partial charge >= 0.3 is 0 Å². The fraction of sp³-hybridized carbons (Fsp3) is 0.840. The zero-order chi connectivity index (χ0) is 22.2. The van der Waals surface area contributed by atoms with Crippen molar-refractivity contribution < 1.29 is 19.2 Å². The molecule has 0 heterocycles. The predicted molar refractivity (Wildman–Crippen MR) is 125 cm³/mol. The van der Waals surface area contributed by atoms with E-state index < -0.39 is 11.8 Å². The maximum Gasteiger partial charge on any atom is 0.192 e. The Morgan fingerprint density at radius 2 is 1.17 bits per heavy atom. The summed E-state index contributed by atoms with van der Waals surface area (Å²) in [6.45, 7) is 4.12. The minimum atomic E-state index is -1.10. The molecule has 0 aromatic carbocycles. The second-order valence-corrected chi connectivity index (χ2v) is 9.95. The third kappa shape index (κ3) is 10.9. The molecule has 0 spiro atoms. The number of rotatable bonds is 17. The van der Waals surface area contributed by atoms with E-state index in [0.29, 0.717) is 12.2 Å². The summed E-state index contributed by atoms with van der Waals surface area (Å²) in [6, 6.07) is 0. The highest BCUT2D eigenvalue weighted by atomic mass is 32.2. The number of hydrogen-bond donors (Lipinski definition) is 0. The van der Waals surface area contributed by atoms with Crippen molar-refractivity contribution in [1.29, 1.82) is 0 Å². The maximum absolute atomic E-state index is 12.4. The van der Waals surface area contributed by atoms with E-state index in [1.54, 1.807) is 0 Å². The van der Waals surface area contributed by atoms with Gasteiger partial charge in [-0.15, -0.1) is 0 Å². The quantitative estimate of drug-likeness (QED) is 0.192. The van der Waals surface area contributed by atoms with Crippen LogP contribution in [-0.2, 0) is 19.2 Å². The number of unbranched alkanes of at least 4 members (excludes halogenated alkanes) is 12. The van der Waals surface area contributed by atoms with Gasteiger partial charge in [0.25, 0.3) is 0 Å². The largest absolute Gasteiger partial charge is 0.298 e. The second kappa shape index (κ2) is 16.7. The van der Waals surface area contributed by atoms with Crippen molar-refractivity contribution in [3.05, 3.63) is 0 Å². The number of thioether (sulfide) groups is 1. The first kappa shape index (κ1) is 27.1. The second-order valence-electron chi connectivity index (χ2n) is 8.68. The lowest BCUT2D eigenvalue weighted by Gasteiger charge is -2.24. The maximum atomic E-state index is 12.4. The highest BCUT2D eigenvalue weighted by Crippen LogP contribution is 2.29. The van der Waals surface area contributed by atoms with Crippen molar-refractivity contribution in [2.45, 2.75) is 117 Å². The fourth-order valence-electron chi connectivity index (χ4n) is 4.22. The van der Waals surface area contributed by atoms with Crippen LogP contribution in [0.1, 0.15) is 117 Å². The summed E-state index contributed by atoms with van der Waals surface area (Å²) >= 11 is 1.15. The lowest BCUT2D eigenvalue weighted by molar-refractivity contribution is -0.145. The average Bonchev–Trinajstić information content (AvgIpc) is 2.71. The van der Waals surface area contributed by atoms with Crippen molar-refractivity contribution in [2.24, 2.45) is 11.8 Å². The van der Waals surface area contributed by atoms with E-state index in [9.17, 15) is 19.2 Å². The first-order valence-electron chi connectivity index (χ1n) is 12.3. The zero-order valence-electron chi connectivity index (χ0n) is 19.2. The smallest absolute Gasteiger partial charge is 0.192 e. The summed E-state index contributed by atoms with van der Waals surface area (Å²) in [6.07, 6.45) is 16.5. The van der Waals surface area contributed by atoms with E-state index >= 15 is 0 Å². The van der Waals surface area contributed by atoms with E-state index in [1.807, 2.05) is 6.92 Å². The van der Waals surface area contributed by atoms with Crippen LogP contribution in [0.15, 0.2) is 0 Å². The van der Waals surface area contributed by atoms with E-state index in [0.717, 1.165) is 31.0 Å². The lowest BCUT2D eigenvalue weighted by Crippen LogP contribution is -2.40. The van der Waals surface area contributed by atoms with Gasteiger partial charge in [0, 0.05) is 25.2 Å². The van der Waals surface area contributed by atoms with Crippen LogP contribution in [0, 0.1) is 11.8 Å². The molecule has 0 N–H and O–H groups in total. The molecule has 4 nitrogen and oxygen atoms in total. The first-order chi connectivity index (χ1) is 14.5. The summed E-state index contributed by atoms with van der Waals surface area (Å²) in [5, 5.41) is -0.0957. The molecule has 0 saturated heterocycles. The monoisotopic (exact) mass is 438 g/mol. The van der Waals surface area contributed by atoms with Gasteiger partial charge in [-0.05, 0) is 12.2 Å². The molecule has 1 aliphatic carbocycles. The standard InChI is InChI=1S/C25H42O4S/c1-3-5-6-7-8-9-10-11-12-13-14-15-16-17-21(26)24-22(27)18-20(19-23(24)28)25(29)30-4-2/h20,24H,3-19H2,1-2H3. The molecule has 0 unspecified atom stereocenters. The Bertz CT molecular complexity index is 525. The SMILES string of the molecule is CCCCCCCCCCCCCCCC(=O)C1C(=O)CC(C(=O)SCC)CC1=O. The molecular weight excluding hydrogens is 396 g/mol. The highest BCUT2D eigenvalue weighted by molar-refractivity contribution is 8.13. The summed E-state index contributed by atoms with van der Waals surface area (Å²) < 4.78 is 0. The Labute approximate surface area is 187 Å². The third-order valence-corrected chi connectivity index (χ3v) is 6.91. The molecule has 30 heavy (non-hydrogen) atoms. The molecule has 0 amide bonds. The molecule has 0 aliphatic heterocycles. The van der Waals surface area contributed by atoms with Gasteiger partial charge in [0.05, 0.1) is 0 Å². The van der Waals surface area contributed by atoms with Crippen LogP contribution < -0.4 is 0 Å². The molecule has 0 bridgehead atoms. The summed E-state index contributed by atoms with van der Waals surface area (Å²) in [4.78, 5) is 48.9. The van der Waals surface area contributed by atoms with Crippen LogP contribution in [0.25, 0.3) is 0 Å². The molecule has 5 heteroatoms. The number of hydrogen-bond acceptors (Lipinski definition) is 5. The van der Waals surface area contributed by atoms with Gasteiger partial charge in [-0.3, -0.25) is 19.2 Å². The Morgan fingerprint density at radius 1 is 0.733 bits per heavy atom. The molecule has 0 aromatic heterocycles. The predicted octanol–water partition coefficient (Wildman–Crippen LogP) is 6.48. The molecule has 1 fully saturated rings. The molecule has 1 saturated carbocycles. The van der Waals surface area contributed by atoms with Crippen molar-refractivity contribution in [1.82, 2.24) is 0 Å². The molecule has 172 valence electrons.